The van der Waals surface area contributed by atoms with Gasteiger partial charge in [0.1, 0.15) is 17.3 Å². The molecule has 1 saturated heterocycles. The number of hydrogen-bond acceptors (Lipinski definition) is 5. The van der Waals surface area contributed by atoms with Crippen molar-refractivity contribution < 1.29 is 37.3 Å². The Balaban J connectivity index is 1.75. The van der Waals surface area contributed by atoms with Crippen molar-refractivity contribution in [2.75, 3.05) is 11.5 Å². The molecule has 3 aromatic rings. The average Bonchev–Trinajstić information content (AvgIpc) is 3.13. The summed E-state index contributed by atoms with van der Waals surface area (Å²) >= 11 is 0. The van der Waals surface area contributed by atoms with Crippen LogP contribution in [0.25, 0.3) is 5.76 Å². The number of nitrogens with zero attached hydrogens (tertiary/aromatic N) is 1. The van der Waals surface area contributed by atoms with Crippen LogP contribution in [0.5, 0.6) is 11.5 Å². The molecule has 6 nitrogen and oxygen atoms in total. The van der Waals surface area contributed by atoms with Crippen LogP contribution in [0, 0.1) is 5.92 Å². The van der Waals surface area contributed by atoms with Gasteiger partial charge in [0.05, 0.1) is 18.2 Å². The van der Waals surface area contributed by atoms with Crippen LogP contribution in [0.1, 0.15) is 31.0 Å². The second-order valence-corrected chi connectivity index (χ2v) is 8.85. The highest BCUT2D eigenvalue weighted by Gasteiger charge is 2.47. The van der Waals surface area contributed by atoms with Crippen molar-refractivity contribution in [3.8, 4) is 11.5 Å². The van der Waals surface area contributed by atoms with Crippen LogP contribution in [-0.4, -0.2) is 29.8 Å². The number of halogens is 3. The summed E-state index contributed by atoms with van der Waals surface area (Å²) < 4.78 is 47.3. The van der Waals surface area contributed by atoms with Gasteiger partial charge in [-0.05, 0) is 60.0 Å². The molecule has 1 N–H and O–H groups in total. The molecule has 4 rings (SSSR count). The number of carbonyl (C=O) groups excluding carboxylic acids is 2. The highest BCUT2D eigenvalue weighted by Crippen LogP contribution is 2.42. The largest absolute Gasteiger partial charge is 0.573 e. The van der Waals surface area contributed by atoms with Gasteiger partial charge in [0.25, 0.3) is 11.7 Å². The Hall–Kier alpha value is -4.27. The number of ether oxygens (including phenoxy) is 2. The SMILES string of the molecule is CC(C)COc1ccc(/C(O)=C2\C(=O)C(=O)N(c3ccc(OC(F)(F)F)cc3)C2c2ccccc2)cc1. The van der Waals surface area contributed by atoms with Gasteiger partial charge < -0.3 is 14.6 Å². The van der Waals surface area contributed by atoms with Crippen molar-refractivity contribution >= 4 is 23.1 Å². The summed E-state index contributed by atoms with van der Waals surface area (Å²) in [5.74, 6) is -1.76. The van der Waals surface area contributed by atoms with E-state index in [0.29, 0.717) is 29.4 Å². The van der Waals surface area contributed by atoms with Gasteiger partial charge in [-0.15, -0.1) is 13.2 Å². The molecular weight excluding hydrogens is 487 g/mol. The van der Waals surface area contributed by atoms with E-state index < -0.39 is 29.8 Å². The van der Waals surface area contributed by atoms with Crippen LogP contribution in [0.4, 0.5) is 18.9 Å². The number of benzene rings is 3. The van der Waals surface area contributed by atoms with Crippen LogP contribution in [0.15, 0.2) is 84.4 Å². The molecule has 1 fully saturated rings. The molecular formula is C28H24F3NO5. The van der Waals surface area contributed by atoms with Gasteiger partial charge in [0.2, 0.25) is 0 Å². The van der Waals surface area contributed by atoms with E-state index in [2.05, 4.69) is 4.74 Å². The predicted molar refractivity (Wildman–Crippen MR) is 131 cm³/mol. The van der Waals surface area contributed by atoms with Gasteiger partial charge in [-0.1, -0.05) is 44.2 Å². The minimum absolute atomic E-state index is 0.136. The van der Waals surface area contributed by atoms with Gasteiger partial charge >= 0.3 is 6.36 Å². The molecule has 1 unspecified atom stereocenters. The molecule has 0 spiro atoms. The molecule has 1 aliphatic heterocycles. The Bertz CT molecular complexity index is 1300. The Kier molecular flexibility index (Phi) is 7.24. The molecule has 9 heteroatoms. The first-order chi connectivity index (χ1) is 17.5. The molecule has 0 bridgehead atoms. The third-order valence-electron chi connectivity index (χ3n) is 5.62. The second-order valence-electron chi connectivity index (χ2n) is 8.85. The maximum atomic E-state index is 13.2. The van der Waals surface area contributed by atoms with E-state index in [-0.39, 0.29) is 17.0 Å². The first-order valence-corrected chi connectivity index (χ1v) is 11.5. The highest BCUT2D eigenvalue weighted by molar-refractivity contribution is 6.51. The monoisotopic (exact) mass is 511 g/mol. The average molecular weight is 511 g/mol. The van der Waals surface area contributed by atoms with E-state index in [9.17, 15) is 27.9 Å². The van der Waals surface area contributed by atoms with Crippen LogP contribution in [-0.2, 0) is 9.59 Å². The summed E-state index contributed by atoms with van der Waals surface area (Å²) in [6.07, 6.45) is -4.87. The van der Waals surface area contributed by atoms with Crippen LogP contribution in [0.3, 0.4) is 0 Å². The van der Waals surface area contributed by atoms with Gasteiger partial charge in [0.15, 0.2) is 0 Å². The molecule has 1 atom stereocenters. The van der Waals surface area contributed by atoms with Crippen molar-refractivity contribution in [2.45, 2.75) is 26.3 Å². The zero-order chi connectivity index (χ0) is 26.7. The predicted octanol–water partition coefficient (Wildman–Crippen LogP) is 6.25. The first kappa shape index (κ1) is 25.8. The van der Waals surface area contributed by atoms with E-state index in [0.717, 1.165) is 17.0 Å². The third-order valence-corrected chi connectivity index (χ3v) is 5.62. The summed E-state index contributed by atoms with van der Waals surface area (Å²) in [5.41, 5.74) is 0.880. The number of rotatable bonds is 7. The fourth-order valence-electron chi connectivity index (χ4n) is 3.99. The number of aliphatic hydroxyl groups is 1. The fraction of sp³-hybridized carbons (Fsp3) is 0.214. The minimum Gasteiger partial charge on any atom is -0.507 e. The molecule has 0 aliphatic carbocycles. The second kappa shape index (κ2) is 10.4. The summed E-state index contributed by atoms with van der Waals surface area (Å²) in [5, 5.41) is 11.2. The maximum absolute atomic E-state index is 13.2. The zero-order valence-electron chi connectivity index (χ0n) is 20.0. The Morgan fingerprint density at radius 1 is 0.919 bits per heavy atom. The lowest BCUT2D eigenvalue weighted by atomic mass is 9.95. The van der Waals surface area contributed by atoms with Gasteiger partial charge in [0, 0.05) is 11.3 Å². The molecule has 1 heterocycles. The molecule has 3 aromatic carbocycles. The van der Waals surface area contributed by atoms with Crippen LogP contribution < -0.4 is 14.4 Å². The lowest BCUT2D eigenvalue weighted by Gasteiger charge is -2.25. The first-order valence-electron chi connectivity index (χ1n) is 11.5. The summed E-state index contributed by atoms with van der Waals surface area (Å²) in [6.45, 7) is 4.54. The van der Waals surface area contributed by atoms with E-state index in [1.807, 2.05) is 13.8 Å². The van der Waals surface area contributed by atoms with Crippen LogP contribution in [0.2, 0.25) is 0 Å². The molecule has 37 heavy (non-hydrogen) atoms. The smallest absolute Gasteiger partial charge is 0.507 e. The van der Waals surface area contributed by atoms with Crippen molar-refractivity contribution in [1.82, 2.24) is 0 Å². The van der Waals surface area contributed by atoms with Crippen molar-refractivity contribution in [1.29, 1.82) is 0 Å². The molecule has 1 aliphatic rings. The minimum atomic E-state index is -4.87. The lowest BCUT2D eigenvalue weighted by molar-refractivity contribution is -0.274. The maximum Gasteiger partial charge on any atom is 0.573 e. The number of Topliss-reactive ketones (excluding diaryl/α,β-unsaturated/α-hetero) is 1. The number of alkyl halides is 3. The van der Waals surface area contributed by atoms with Gasteiger partial charge in [-0.3, -0.25) is 14.5 Å². The third kappa shape index (κ3) is 5.77. The lowest BCUT2D eigenvalue weighted by Crippen LogP contribution is -2.29. The number of carbonyl (C=O) groups is 2. The highest BCUT2D eigenvalue weighted by atomic mass is 19.4. The summed E-state index contributed by atoms with van der Waals surface area (Å²) in [4.78, 5) is 27.5. The van der Waals surface area contributed by atoms with Crippen molar-refractivity contribution in [3.05, 3.63) is 95.6 Å². The normalized spacial score (nSPS) is 17.4. The number of anilines is 1. The number of aliphatic hydroxyl groups excluding tert-OH is 1. The quantitative estimate of drug-likeness (QED) is 0.231. The van der Waals surface area contributed by atoms with Gasteiger partial charge in [-0.2, -0.15) is 0 Å². The zero-order valence-corrected chi connectivity index (χ0v) is 20.0. The van der Waals surface area contributed by atoms with E-state index in [1.54, 1.807) is 54.6 Å². The molecule has 192 valence electrons. The summed E-state index contributed by atoms with van der Waals surface area (Å²) in [6, 6.07) is 18.7. The topological polar surface area (TPSA) is 76.1 Å². The Labute approximate surface area is 211 Å². The van der Waals surface area contributed by atoms with Crippen LogP contribution >= 0.6 is 0 Å². The Morgan fingerprint density at radius 2 is 1.51 bits per heavy atom. The number of ketones is 1. The van der Waals surface area contributed by atoms with E-state index in [4.69, 9.17) is 4.74 Å². The molecule has 0 saturated carbocycles. The number of amides is 1. The number of hydrogen-bond donors (Lipinski definition) is 1. The van der Waals surface area contributed by atoms with Crippen molar-refractivity contribution in [2.24, 2.45) is 5.92 Å². The summed E-state index contributed by atoms with van der Waals surface area (Å²) in [7, 11) is 0. The van der Waals surface area contributed by atoms with E-state index >= 15 is 0 Å². The fourth-order valence-corrected chi connectivity index (χ4v) is 3.99. The molecule has 1 amide bonds. The van der Waals surface area contributed by atoms with E-state index in [1.165, 1.54) is 12.1 Å². The standard InChI is InChI=1S/C28H24F3NO5/c1-17(2)16-36-21-12-8-19(9-13-21)25(33)23-24(18-6-4-3-5-7-18)32(27(35)26(23)34)20-10-14-22(15-11-20)37-28(29,30)31/h3-15,17,24,33H,16H2,1-2H3/b25-23+. The Morgan fingerprint density at radius 3 is 2.08 bits per heavy atom. The molecule has 0 aromatic heterocycles. The van der Waals surface area contributed by atoms with Gasteiger partial charge in [-0.25, -0.2) is 0 Å². The molecule has 0 radical (unpaired) electrons. The van der Waals surface area contributed by atoms with Crippen molar-refractivity contribution in [3.63, 3.8) is 0 Å².